The van der Waals surface area contributed by atoms with Crippen molar-refractivity contribution < 1.29 is 18.4 Å². The molecule has 7 nitrogen and oxygen atoms in total. The molecule has 0 aliphatic rings. The Hall–Kier alpha value is -3.78. The fourth-order valence-electron chi connectivity index (χ4n) is 3.12. The Morgan fingerprint density at radius 3 is 2.74 bits per heavy atom. The highest BCUT2D eigenvalue weighted by Gasteiger charge is 2.18. The molecule has 0 saturated heterocycles. The lowest BCUT2D eigenvalue weighted by molar-refractivity contribution is -0.116. The van der Waals surface area contributed by atoms with Gasteiger partial charge >= 0.3 is 0 Å². The fourth-order valence-corrected chi connectivity index (χ4v) is 3.35. The van der Waals surface area contributed by atoms with Crippen LogP contribution in [0.2, 0.25) is 5.02 Å². The molecule has 156 valence electrons. The average molecular weight is 439 g/mol. The zero-order valence-corrected chi connectivity index (χ0v) is 17.1. The van der Waals surface area contributed by atoms with Crippen molar-refractivity contribution in [2.75, 3.05) is 10.2 Å². The van der Waals surface area contributed by atoms with Crippen LogP contribution >= 0.6 is 11.6 Å². The summed E-state index contributed by atoms with van der Waals surface area (Å²) in [6.07, 6.45) is 2.78. The molecule has 9 heteroatoms. The number of anilines is 3. The molecule has 0 spiro atoms. The van der Waals surface area contributed by atoms with E-state index < -0.39 is 5.82 Å². The van der Waals surface area contributed by atoms with E-state index in [1.165, 1.54) is 36.5 Å². The Labute approximate surface area is 181 Å². The number of benzene rings is 2. The lowest BCUT2D eigenvalue weighted by atomic mass is 10.1. The molecule has 2 amide bonds. The van der Waals surface area contributed by atoms with Gasteiger partial charge in [0.2, 0.25) is 11.8 Å². The zero-order valence-electron chi connectivity index (χ0n) is 16.3. The van der Waals surface area contributed by atoms with Gasteiger partial charge in [-0.2, -0.15) is 0 Å². The third-order valence-electron chi connectivity index (χ3n) is 4.51. The monoisotopic (exact) mass is 438 g/mol. The van der Waals surface area contributed by atoms with Crippen LogP contribution in [0, 0.1) is 5.82 Å². The van der Waals surface area contributed by atoms with Gasteiger partial charge in [0, 0.05) is 36.0 Å². The van der Waals surface area contributed by atoms with E-state index >= 15 is 0 Å². The van der Waals surface area contributed by atoms with Gasteiger partial charge in [-0.25, -0.2) is 14.4 Å². The first-order chi connectivity index (χ1) is 14.9. The third kappa shape index (κ3) is 4.54. The van der Waals surface area contributed by atoms with Crippen molar-refractivity contribution in [3.8, 4) is 0 Å². The van der Waals surface area contributed by atoms with Crippen LogP contribution in [0.1, 0.15) is 12.5 Å². The van der Waals surface area contributed by atoms with Gasteiger partial charge in [0.1, 0.15) is 17.2 Å². The molecule has 0 aliphatic heterocycles. The molecule has 0 bridgehead atoms. The predicted molar refractivity (Wildman–Crippen MR) is 115 cm³/mol. The van der Waals surface area contributed by atoms with Crippen LogP contribution in [0.25, 0.3) is 11.1 Å². The Morgan fingerprint density at radius 2 is 1.97 bits per heavy atom. The van der Waals surface area contributed by atoms with Crippen LogP contribution in [0.4, 0.5) is 21.6 Å². The summed E-state index contributed by atoms with van der Waals surface area (Å²) < 4.78 is 18.5. The van der Waals surface area contributed by atoms with Gasteiger partial charge in [-0.3, -0.25) is 14.5 Å². The van der Waals surface area contributed by atoms with Gasteiger partial charge in [-0.15, -0.1) is 0 Å². The van der Waals surface area contributed by atoms with E-state index in [1.807, 2.05) is 0 Å². The number of aromatic nitrogens is 2. The van der Waals surface area contributed by atoms with Crippen LogP contribution in [-0.4, -0.2) is 21.8 Å². The summed E-state index contributed by atoms with van der Waals surface area (Å²) >= 11 is 5.99. The normalized spacial score (nSPS) is 10.8. The maximum Gasteiger partial charge on any atom is 0.229 e. The predicted octanol–water partition coefficient (Wildman–Crippen LogP) is 4.88. The first kappa shape index (κ1) is 20.5. The standard InChI is InChI=1S/C22H16ClFN4O3/c1-13(29)28(17-4-5-19-20(11-17)31-12-26-19)21-10-16(6-7-25-21)27-22(30)8-14-2-3-15(24)9-18(14)23/h2-7,9-12H,8H2,1H3,(H,25,27,30). The molecule has 2 heterocycles. The third-order valence-corrected chi connectivity index (χ3v) is 4.86. The molecule has 2 aromatic heterocycles. The van der Waals surface area contributed by atoms with Gasteiger partial charge < -0.3 is 9.73 Å². The number of carbonyl (C=O) groups excluding carboxylic acids is 2. The fraction of sp³-hybridized carbons (Fsp3) is 0.0909. The Kier molecular flexibility index (Phi) is 5.64. The van der Waals surface area contributed by atoms with Crippen molar-refractivity contribution in [3.63, 3.8) is 0 Å². The Bertz CT molecular complexity index is 1290. The van der Waals surface area contributed by atoms with E-state index in [9.17, 15) is 14.0 Å². The van der Waals surface area contributed by atoms with Gasteiger partial charge in [0.25, 0.3) is 0 Å². The molecular weight excluding hydrogens is 423 g/mol. The number of fused-ring (bicyclic) bond motifs is 1. The first-order valence-electron chi connectivity index (χ1n) is 9.24. The maximum atomic E-state index is 13.2. The number of hydrogen-bond acceptors (Lipinski definition) is 5. The van der Waals surface area contributed by atoms with Gasteiger partial charge in [-0.1, -0.05) is 17.7 Å². The van der Waals surface area contributed by atoms with E-state index in [1.54, 1.807) is 30.3 Å². The summed E-state index contributed by atoms with van der Waals surface area (Å²) in [6, 6.07) is 12.2. The number of pyridine rings is 1. The van der Waals surface area contributed by atoms with E-state index in [0.717, 1.165) is 6.07 Å². The molecule has 0 unspecified atom stereocenters. The molecule has 1 N–H and O–H groups in total. The summed E-state index contributed by atoms with van der Waals surface area (Å²) in [6.45, 7) is 1.41. The number of nitrogens with zero attached hydrogens (tertiary/aromatic N) is 3. The second-order valence-electron chi connectivity index (χ2n) is 6.72. The summed E-state index contributed by atoms with van der Waals surface area (Å²) in [5.74, 6) is -0.763. The van der Waals surface area contributed by atoms with Crippen LogP contribution in [0.5, 0.6) is 0 Å². The molecule has 0 aliphatic carbocycles. The first-order valence-corrected chi connectivity index (χ1v) is 9.62. The minimum atomic E-state index is -0.472. The minimum absolute atomic E-state index is 0.0324. The molecule has 4 aromatic rings. The van der Waals surface area contributed by atoms with Crippen LogP contribution in [-0.2, 0) is 16.0 Å². The van der Waals surface area contributed by atoms with Crippen molar-refractivity contribution in [2.45, 2.75) is 13.3 Å². The highest BCUT2D eigenvalue weighted by Crippen LogP contribution is 2.29. The van der Waals surface area contributed by atoms with E-state index in [4.69, 9.17) is 16.0 Å². The Balaban J connectivity index is 1.57. The zero-order chi connectivity index (χ0) is 22.0. The van der Waals surface area contributed by atoms with Crippen molar-refractivity contribution in [2.24, 2.45) is 0 Å². The molecular formula is C22H16ClFN4O3. The summed E-state index contributed by atoms with van der Waals surface area (Å²) in [5, 5.41) is 2.92. The average Bonchev–Trinajstić information content (AvgIpc) is 3.18. The summed E-state index contributed by atoms with van der Waals surface area (Å²) in [5.41, 5.74) is 2.69. The van der Waals surface area contributed by atoms with E-state index in [2.05, 4.69) is 15.3 Å². The number of oxazole rings is 1. The van der Waals surface area contributed by atoms with Crippen LogP contribution in [0.15, 0.2) is 65.5 Å². The van der Waals surface area contributed by atoms with Crippen molar-refractivity contribution in [3.05, 3.63) is 77.5 Å². The van der Waals surface area contributed by atoms with Crippen molar-refractivity contribution in [1.29, 1.82) is 0 Å². The van der Waals surface area contributed by atoms with Gasteiger partial charge in [-0.05, 0) is 35.9 Å². The quantitative estimate of drug-likeness (QED) is 0.479. The highest BCUT2D eigenvalue weighted by atomic mass is 35.5. The SMILES string of the molecule is CC(=O)N(c1ccc2ncoc2c1)c1cc(NC(=O)Cc2ccc(F)cc2Cl)ccn1. The topological polar surface area (TPSA) is 88.3 Å². The Morgan fingerprint density at radius 1 is 1.13 bits per heavy atom. The maximum absolute atomic E-state index is 13.2. The van der Waals surface area contributed by atoms with E-state index in [-0.39, 0.29) is 23.3 Å². The molecule has 4 rings (SSSR count). The van der Waals surface area contributed by atoms with Crippen molar-refractivity contribution in [1.82, 2.24) is 9.97 Å². The molecule has 0 radical (unpaired) electrons. The molecule has 2 aromatic carbocycles. The number of hydrogen-bond donors (Lipinski definition) is 1. The van der Waals surface area contributed by atoms with Crippen LogP contribution in [0.3, 0.4) is 0 Å². The molecule has 0 atom stereocenters. The molecule has 0 saturated carbocycles. The molecule has 31 heavy (non-hydrogen) atoms. The lowest BCUT2D eigenvalue weighted by Gasteiger charge is -2.20. The van der Waals surface area contributed by atoms with Crippen LogP contribution < -0.4 is 10.2 Å². The number of amides is 2. The smallest absolute Gasteiger partial charge is 0.229 e. The summed E-state index contributed by atoms with van der Waals surface area (Å²) in [7, 11) is 0. The van der Waals surface area contributed by atoms with E-state index in [0.29, 0.717) is 33.9 Å². The lowest BCUT2D eigenvalue weighted by Crippen LogP contribution is -2.24. The highest BCUT2D eigenvalue weighted by molar-refractivity contribution is 6.31. The molecule has 0 fully saturated rings. The second kappa shape index (κ2) is 8.53. The van der Waals surface area contributed by atoms with Crippen molar-refractivity contribution >= 4 is 51.7 Å². The number of halogens is 2. The minimum Gasteiger partial charge on any atom is -0.443 e. The largest absolute Gasteiger partial charge is 0.443 e. The second-order valence-corrected chi connectivity index (χ2v) is 7.13. The number of carbonyl (C=O) groups is 2. The van der Waals surface area contributed by atoms with Gasteiger partial charge in [0.15, 0.2) is 12.0 Å². The number of rotatable bonds is 5. The number of nitrogens with one attached hydrogen (secondary N) is 1. The summed E-state index contributed by atoms with van der Waals surface area (Å²) in [4.78, 5) is 34.5. The van der Waals surface area contributed by atoms with Gasteiger partial charge in [0.05, 0.1) is 12.1 Å².